The van der Waals surface area contributed by atoms with Crippen LogP contribution < -0.4 is 4.74 Å². The van der Waals surface area contributed by atoms with Gasteiger partial charge in [0.1, 0.15) is 5.75 Å². The highest BCUT2D eigenvalue weighted by atomic mass is 79.9. The van der Waals surface area contributed by atoms with Gasteiger partial charge in [0.2, 0.25) is 0 Å². The minimum atomic E-state index is -0.0411. The zero-order chi connectivity index (χ0) is 15.7. The molecule has 0 spiro atoms. The highest BCUT2D eigenvalue weighted by molar-refractivity contribution is 9.10. The molecule has 0 fully saturated rings. The van der Waals surface area contributed by atoms with Crippen LogP contribution in [0.15, 0.2) is 33.2 Å². The van der Waals surface area contributed by atoms with Crippen molar-refractivity contribution >= 4 is 37.6 Å². The Morgan fingerprint density at radius 2 is 1.71 bits per heavy atom. The number of ketones is 1. The summed E-state index contributed by atoms with van der Waals surface area (Å²) >= 11 is 6.99. The molecule has 2 aromatic rings. The van der Waals surface area contributed by atoms with Gasteiger partial charge in [0, 0.05) is 14.5 Å². The van der Waals surface area contributed by atoms with Gasteiger partial charge in [0.15, 0.2) is 5.78 Å². The Labute approximate surface area is 141 Å². The number of hydrogen-bond donors (Lipinski definition) is 0. The summed E-state index contributed by atoms with van der Waals surface area (Å²) in [7, 11) is 1.59. The van der Waals surface area contributed by atoms with Crippen LogP contribution in [-0.4, -0.2) is 12.9 Å². The quantitative estimate of drug-likeness (QED) is 0.634. The van der Waals surface area contributed by atoms with Crippen molar-refractivity contribution in [1.82, 2.24) is 0 Å². The molecule has 0 amide bonds. The smallest absolute Gasteiger partial charge is 0.198 e. The summed E-state index contributed by atoms with van der Waals surface area (Å²) in [6, 6.07) is 7.69. The molecule has 0 aromatic heterocycles. The van der Waals surface area contributed by atoms with E-state index in [9.17, 15) is 4.79 Å². The van der Waals surface area contributed by atoms with Crippen LogP contribution >= 0.6 is 31.9 Å². The standard InChI is InChI=1S/C17H16Br2O2/c1-9-5-6-12(14(19)7-9)16(20)15-11(3)13(18)8-10(2)17(15)21-4/h5-8H,1-4H3. The maximum absolute atomic E-state index is 13.0. The highest BCUT2D eigenvalue weighted by Gasteiger charge is 2.22. The number of aryl methyl sites for hydroxylation is 2. The van der Waals surface area contributed by atoms with Gasteiger partial charge in [-0.2, -0.15) is 0 Å². The number of hydrogen-bond acceptors (Lipinski definition) is 2. The molecule has 2 rings (SSSR count). The van der Waals surface area contributed by atoms with Gasteiger partial charge in [-0.3, -0.25) is 4.79 Å². The second kappa shape index (κ2) is 6.32. The van der Waals surface area contributed by atoms with Crippen LogP contribution in [0.5, 0.6) is 5.75 Å². The predicted molar refractivity (Wildman–Crippen MR) is 92.5 cm³/mol. The van der Waals surface area contributed by atoms with E-state index in [1.807, 2.05) is 45.0 Å². The van der Waals surface area contributed by atoms with Crippen molar-refractivity contribution in [3.63, 3.8) is 0 Å². The van der Waals surface area contributed by atoms with Gasteiger partial charge in [-0.1, -0.05) is 37.9 Å². The lowest BCUT2D eigenvalue weighted by molar-refractivity contribution is 0.103. The van der Waals surface area contributed by atoms with E-state index in [4.69, 9.17) is 4.74 Å². The van der Waals surface area contributed by atoms with E-state index in [2.05, 4.69) is 31.9 Å². The Bertz CT molecular complexity index is 721. The molecule has 0 saturated heterocycles. The number of ether oxygens (including phenoxy) is 1. The summed E-state index contributed by atoms with van der Waals surface area (Å²) in [5.74, 6) is 0.591. The Morgan fingerprint density at radius 3 is 2.29 bits per heavy atom. The van der Waals surface area contributed by atoms with Crippen LogP contribution in [0, 0.1) is 20.8 Å². The highest BCUT2D eigenvalue weighted by Crippen LogP contribution is 2.35. The number of benzene rings is 2. The van der Waals surface area contributed by atoms with Crippen LogP contribution in [0.2, 0.25) is 0 Å². The molecule has 0 saturated carbocycles. The molecule has 4 heteroatoms. The maximum atomic E-state index is 13.0. The third-order valence-electron chi connectivity index (χ3n) is 3.46. The molecule has 0 heterocycles. The molecule has 2 nitrogen and oxygen atoms in total. The van der Waals surface area contributed by atoms with Gasteiger partial charge in [-0.15, -0.1) is 0 Å². The van der Waals surface area contributed by atoms with Crippen LogP contribution in [0.25, 0.3) is 0 Å². The molecule has 0 N–H and O–H groups in total. The first-order valence-electron chi connectivity index (χ1n) is 6.51. The molecule has 0 aliphatic heterocycles. The van der Waals surface area contributed by atoms with Crippen molar-refractivity contribution in [2.75, 3.05) is 7.11 Å². The monoisotopic (exact) mass is 410 g/mol. The lowest BCUT2D eigenvalue weighted by atomic mass is 9.95. The van der Waals surface area contributed by atoms with E-state index in [0.717, 1.165) is 25.6 Å². The van der Waals surface area contributed by atoms with Gasteiger partial charge in [-0.05, 0) is 55.7 Å². The molecule has 0 radical (unpaired) electrons. The van der Waals surface area contributed by atoms with Gasteiger partial charge in [0.25, 0.3) is 0 Å². The normalized spacial score (nSPS) is 10.6. The van der Waals surface area contributed by atoms with Crippen molar-refractivity contribution in [1.29, 1.82) is 0 Å². The number of carbonyl (C=O) groups is 1. The van der Waals surface area contributed by atoms with E-state index in [1.54, 1.807) is 7.11 Å². The number of halogens is 2. The summed E-state index contributed by atoms with van der Waals surface area (Å²) < 4.78 is 7.17. The third kappa shape index (κ3) is 3.06. The molecule has 110 valence electrons. The van der Waals surface area contributed by atoms with Crippen LogP contribution in [-0.2, 0) is 0 Å². The minimum Gasteiger partial charge on any atom is -0.496 e. The molecule has 2 aromatic carbocycles. The van der Waals surface area contributed by atoms with Crippen LogP contribution in [0.1, 0.15) is 32.6 Å². The fourth-order valence-corrected chi connectivity index (χ4v) is 3.54. The first-order valence-corrected chi connectivity index (χ1v) is 8.10. The van der Waals surface area contributed by atoms with E-state index in [1.165, 1.54) is 0 Å². The third-order valence-corrected chi connectivity index (χ3v) is 4.94. The maximum Gasteiger partial charge on any atom is 0.198 e. The minimum absolute atomic E-state index is 0.0411. The fraction of sp³-hybridized carbons (Fsp3) is 0.235. The van der Waals surface area contributed by atoms with E-state index in [0.29, 0.717) is 16.9 Å². The van der Waals surface area contributed by atoms with Gasteiger partial charge >= 0.3 is 0 Å². The van der Waals surface area contributed by atoms with Crippen molar-refractivity contribution < 1.29 is 9.53 Å². The Balaban J connectivity index is 2.68. The molecule has 21 heavy (non-hydrogen) atoms. The van der Waals surface area contributed by atoms with E-state index >= 15 is 0 Å². The summed E-state index contributed by atoms with van der Waals surface area (Å²) in [4.78, 5) is 13.0. The lowest BCUT2D eigenvalue weighted by Gasteiger charge is -2.16. The van der Waals surface area contributed by atoms with Gasteiger partial charge in [0.05, 0.1) is 12.7 Å². The Kier molecular flexibility index (Phi) is 4.89. The van der Waals surface area contributed by atoms with Gasteiger partial charge < -0.3 is 4.74 Å². The Morgan fingerprint density at radius 1 is 1.05 bits per heavy atom. The van der Waals surface area contributed by atoms with Crippen LogP contribution in [0.4, 0.5) is 0 Å². The fourth-order valence-electron chi connectivity index (χ4n) is 2.33. The SMILES string of the molecule is COc1c(C)cc(Br)c(C)c1C(=O)c1ccc(C)cc1Br. The molecule has 0 unspecified atom stereocenters. The molecule has 0 atom stereocenters. The summed E-state index contributed by atoms with van der Waals surface area (Å²) in [5.41, 5.74) is 4.16. The average Bonchev–Trinajstić information content (AvgIpc) is 2.41. The molecule has 0 bridgehead atoms. The van der Waals surface area contributed by atoms with Crippen molar-refractivity contribution in [3.05, 3.63) is 61.0 Å². The second-order valence-electron chi connectivity index (χ2n) is 5.02. The van der Waals surface area contributed by atoms with E-state index < -0.39 is 0 Å². The molecule has 0 aliphatic rings. The van der Waals surface area contributed by atoms with E-state index in [-0.39, 0.29) is 5.78 Å². The largest absolute Gasteiger partial charge is 0.496 e. The van der Waals surface area contributed by atoms with Crippen molar-refractivity contribution in [3.8, 4) is 5.75 Å². The number of carbonyl (C=O) groups excluding carboxylic acids is 1. The first-order chi connectivity index (χ1) is 9.86. The number of methoxy groups -OCH3 is 1. The summed E-state index contributed by atoms with van der Waals surface area (Å²) in [6.45, 7) is 5.85. The average molecular weight is 412 g/mol. The predicted octanol–water partition coefficient (Wildman–Crippen LogP) is 5.38. The Hall–Kier alpha value is -1.13. The van der Waals surface area contributed by atoms with Crippen LogP contribution in [0.3, 0.4) is 0 Å². The van der Waals surface area contributed by atoms with Gasteiger partial charge in [-0.25, -0.2) is 0 Å². The first kappa shape index (κ1) is 16.2. The van der Waals surface area contributed by atoms with Crippen molar-refractivity contribution in [2.24, 2.45) is 0 Å². The zero-order valence-corrected chi connectivity index (χ0v) is 15.6. The molecular weight excluding hydrogens is 396 g/mol. The number of rotatable bonds is 3. The molecular formula is C17H16Br2O2. The van der Waals surface area contributed by atoms with Crippen molar-refractivity contribution in [2.45, 2.75) is 20.8 Å². The second-order valence-corrected chi connectivity index (χ2v) is 6.73. The lowest BCUT2D eigenvalue weighted by Crippen LogP contribution is -2.09. The molecule has 0 aliphatic carbocycles. The topological polar surface area (TPSA) is 26.3 Å². The zero-order valence-electron chi connectivity index (χ0n) is 12.4. The summed E-state index contributed by atoms with van der Waals surface area (Å²) in [6.07, 6.45) is 0. The summed E-state index contributed by atoms with van der Waals surface area (Å²) in [5, 5.41) is 0.